The lowest BCUT2D eigenvalue weighted by Gasteiger charge is -2.18. The van der Waals surface area contributed by atoms with Crippen LogP contribution in [0.15, 0.2) is 25.8 Å². The van der Waals surface area contributed by atoms with Gasteiger partial charge in [-0.15, -0.1) is 11.3 Å². The Kier molecular flexibility index (Phi) is 4.32. The van der Waals surface area contributed by atoms with E-state index < -0.39 is 0 Å². The maximum Gasteiger partial charge on any atom is 0.0761 e. The van der Waals surface area contributed by atoms with Crippen molar-refractivity contribution in [2.45, 2.75) is 26.8 Å². The topological polar surface area (TPSA) is 26.0 Å². The van der Waals surface area contributed by atoms with Crippen molar-refractivity contribution in [1.29, 1.82) is 0 Å². The lowest BCUT2D eigenvalue weighted by atomic mass is 9.92. The second-order valence-corrected chi connectivity index (χ2v) is 8.32. The van der Waals surface area contributed by atoms with Crippen LogP contribution in [0, 0.1) is 20.8 Å². The van der Waals surface area contributed by atoms with Crippen LogP contribution >= 0.6 is 43.2 Å². The number of hydrogen-bond acceptors (Lipinski definition) is 2. The van der Waals surface area contributed by atoms with Gasteiger partial charge in [0.15, 0.2) is 0 Å². The van der Waals surface area contributed by atoms with E-state index in [0.717, 1.165) is 13.1 Å². The van der Waals surface area contributed by atoms with Crippen molar-refractivity contribution in [2.75, 3.05) is 0 Å². The fraction of sp³-hybridized carbons (Fsp3) is 0.286. The molecule has 0 saturated heterocycles. The van der Waals surface area contributed by atoms with E-state index in [4.69, 9.17) is 5.73 Å². The van der Waals surface area contributed by atoms with Crippen molar-refractivity contribution in [3.05, 3.63) is 53.6 Å². The average molecular weight is 389 g/mol. The van der Waals surface area contributed by atoms with Crippen LogP contribution in [0.2, 0.25) is 0 Å². The molecule has 0 amide bonds. The van der Waals surface area contributed by atoms with E-state index in [-0.39, 0.29) is 6.04 Å². The molecule has 0 aliphatic carbocycles. The highest BCUT2D eigenvalue weighted by Crippen LogP contribution is 2.38. The summed E-state index contributed by atoms with van der Waals surface area (Å²) in [5.74, 6) is 0. The molecule has 1 aromatic heterocycles. The van der Waals surface area contributed by atoms with Gasteiger partial charge in [-0.3, -0.25) is 0 Å². The summed E-state index contributed by atoms with van der Waals surface area (Å²) in [6, 6.07) is 6.40. The SMILES string of the molecule is Cc1cc(C)c(C(N)c2cc(Br)sc2Br)c(C)c1. The molecule has 0 bridgehead atoms. The van der Waals surface area contributed by atoms with Gasteiger partial charge in [0.25, 0.3) is 0 Å². The van der Waals surface area contributed by atoms with Crippen LogP contribution in [0.5, 0.6) is 0 Å². The van der Waals surface area contributed by atoms with Crippen LogP contribution in [-0.4, -0.2) is 0 Å². The van der Waals surface area contributed by atoms with E-state index in [1.54, 1.807) is 11.3 Å². The van der Waals surface area contributed by atoms with Gasteiger partial charge < -0.3 is 5.73 Å². The van der Waals surface area contributed by atoms with Crippen LogP contribution in [0.25, 0.3) is 0 Å². The zero-order valence-corrected chi connectivity index (χ0v) is 14.5. The van der Waals surface area contributed by atoms with E-state index in [2.05, 4.69) is 70.8 Å². The van der Waals surface area contributed by atoms with Crippen molar-refractivity contribution in [1.82, 2.24) is 0 Å². The van der Waals surface area contributed by atoms with Gasteiger partial charge in [0.05, 0.1) is 13.6 Å². The van der Waals surface area contributed by atoms with E-state index in [0.29, 0.717) is 0 Å². The Hall–Kier alpha value is -0.160. The highest BCUT2D eigenvalue weighted by Gasteiger charge is 2.18. The molecule has 2 rings (SSSR count). The molecule has 1 heterocycles. The molecule has 0 spiro atoms. The molecule has 0 saturated carbocycles. The Morgan fingerprint density at radius 3 is 2.06 bits per heavy atom. The van der Waals surface area contributed by atoms with Crippen LogP contribution in [0.1, 0.15) is 33.9 Å². The van der Waals surface area contributed by atoms with Crippen LogP contribution in [0.4, 0.5) is 0 Å². The van der Waals surface area contributed by atoms with Gasteiger partial charge in [-0.05, 0) is 81.0 Å². The van der Waals surface area contributed by atoms with Gasteiger partial charge in [0.1, 0.15) is 0 Å². The lowest BCUT2D eigenvalue weighted by Crippen LogP contribution is -2.14. The molecule has 0 aliphatic rings. The molecule has 1 unspecified atom stereocenters. The molecular formula is C14H15Br2NS. The van der Waals surface area contributed by atoms with Gasteiger partial charge >= 0.3 is 0 Å². The fourth-order valence-electron chi connectivity index (χ4n) is 2.40. The predicted octanol–water partition coefficient (Wildman–Crippen LogP) is 5.25. The summed E-state index contributed by atoms with van der Waals surface area (Å²) in [5.41, 5.74) is 12.6. The molecule has 1 atom stereocenters. The first-order valence-electron chi connectivity index (χ1n) is 5.68. The number of rotatable bonds is 2. The summed E-state index contributed by atoms with van der Waals surface area (Å²) in [6.45, 7) is 6.38. The van der Waals surface area contributed by atoms with Crippen LogP contribution in [-0.2, 0) is 0 Å². The molecule has 0 fully saturated rings. The summed E-state index contributed by atoms with van der Waals surface area (Å²) in [4.78, 5) is 0. The summed E-state index contributed by atoms with van der Waals surface area (Å²) in [7, 11) is 0. The van der Waals surface area contributed by atoms with Crippen LogP contribution in [0.3, 0.4) is 0 Å². The summed E-state index contributed by atoms with van der Waals surface area (Å²) in [6.07, 6.45) is 0. The van der Waals surface area contributed by atoms with Gasteiger partial charge in [-0.25, -0.2) is 0 Å². The highest BCUT2D eigenvalue weighted by atomic mass is 79.9. The maximum atomic E-state index is 6.44. The molecular weight excluding hydrogens is 374 g/mol. The summed E-state index contributed by atoms with van der Waals surface area (Å²) in [5, 5.41) is 0. The summed E-state index contributed by atoms with van der Waals surface area (Å²) >= 11 is 8.75. The molecule has 4 heteroatoms. The number of thiophene rings is 1. The average Bonchev–Trinajstić information content (AvgIpc) is 2.56. The summed E-state index contributed by atoms with van der Waals surface area (Å²) < 4.78 is 2.20. The Morgan fingerprint density at radius 2 is 1.61 bits per heavy atom. The van der Waals surface area contributed by atoms with E-state index in [9.17, 15) is 0 Å². The first kappa shape index (κ1) is 14.3. The predicted molar refractivity (Wildman–Crippen MR) is 86.4 cm³/mol. The minimum absolute atomic E-state index is 0.0810. The third-order valence-corrected chi connectivity index (χ3v) is 5.45. The first-order valence-corrected chi connectivity index (χ1v) is 8.08. The molecule has 96 valence electrons. The zero-order valence-electron chi connectivity index (χ0n) is 10.6. The third-order valence-electron chi connectivity index (χ3n) is 3.07. The van der Waals surface area contributed by atoms with Gasteiger partial charge in [0, 0.05) is 0 Å². The Morgan fingerprint density at radius 1 is 1.06 bits per heavy atom. The van der Waals surface area contributed by atoms with Crippen molar-refractivity contribution in [3.8, 4) is 0 Å². The van der Waals surface area contributed by atoms with Crippen molar-refractivity contribution in [3.63, 3.8) is 0 Å². The van der Waals surface area contributed by atoms with Crippen molar-refractivity contribution in [2.24, 2.45) is 5.73 Å². The minimum atomic E-state index is -0.0810. The van der Waals surface area contributed by atoms with Crippen LogP contribution < -0.4 is 5.73 Å². The molecule has 18 heavy (non-hydrogen) atoms. The van der Waals surface area contributed by atoms with E-state index >= 15 is 0 Å². The van der Waals surface area contributed by atoms with Crippen molar-refractivity contribution < 1.29 is 0 Å². The molecule has 2 aromatic rings. The fourth-order valence-corrected chi connectivity index (χ4v) is 5.33. The van der Waals surface area contributed by atoms with E-state index in [1.165, 1.54) is 22.3 Å². The molecule has 0 radical (unpaired) electrons. The van der Waals surface area contributed by atoms with Gasteiger partial charge in [-0.1, -0.05) is 17.7 Å². The maximum absolute atomic E-state index is 6.44. The highest BCUT2D eigenvalue weighted by molar-refractivity contribution is 9.12. The minimum Gasteiger partial charge on any atom is -0.320 e. The number of benzene rings is 1. The van der Waals surface area contributed by atoms with Gasteiger partial charge in [-0.2, -0.15) is 0 Å². The standard InChI is InChI=1S/C14H15Br2NS/c1-7-4-8(2)12(9(3)5-7)13(17)10-6-11(15)18-14(10)16/h4-6,13H,17H2,1-3H3. The second kappa shape index (κ2) is 5.45. The Labute approximate surface area is 129 Å². The van der Waals surface area contributed by atoms with E-state index in [1.807, 2.05) is 0 Å². The first-order chi connectivity index (χ1) is 8.40. The zero-order chi connectivity index (χ0) is 13.4. The largest absolute Gasteiger partial charge is 0.320 e. The lowest BCUT2D eigenvalue weighted by molar-refractivity contribution is 0.851. The Bertz CT molecular complexity index is 566. The third kappa shape index (κ3) is 2.72. The second-order valence-electron chi connectivity index (χ2n) is 4.57. The van der Waals surface area contributed by atoms with Gasteiger partial charge in [0.2, 0.25) is 0 Å². The molecule has 2 N–H and O–H groups in total. The smallest absolute Gasteiger partial charge is 0.0761 e. The molecule has 0 aliphatic heterocycles. The number of nitrogens with two attached hydrogens (primary N) is 1. The Balaban J connectivity index is 2.52. The normalized spacial score (nSPS) is 12.8. The number of aryl methyl sites for hydroxylation is 3. The number of hydrogen-bond donors (Lipinski definition) is 1. The molecule has 1 nitrogen and oxygen atoms in total. The monoisotopic (exact) mass is 387 g/mol. The van der Waals surface area contributed by atoms with Crippen molar-refractivity contribution >= 4 is 43.2 Å². The number of halogens is 2. The molecule has 1 aromatic carbocycles. The quantitative estimate of drug-likeness (QED) is 0.747.